The van der Waals surface area contributed by atoms with Crippen molar-refractivity contribution in [2.45, 2.75) is 18.8 Å². The second-order valence-corrected chi connectivity index (χ2v) is 5.71. The molecule has 1 aliphatic heterocycles. The van der Waals surface area contributed by atoms with Crippen LogP contribution in [0.4, 0.5) is 0 Å². The van der Waals surface area contributed by atoms with Gasteiger partial charge in [-0.15, -0.1) is 4.73 Å². The van der Waals surface area contributed by atoms with E-state index < -0.39 is 37.6 Å². The number of nitrogens with zero attached hydrogens (tertiary/aromatic N) is 1. The van der Waals surface area contributed by atoms with E-state index in [9.17, 15) is 14.2 Å². The van der Waals surface area contributed by atoms with Crippen molar-refractivity contribution in [2.75, 3.05) is 13.0 Å². The predicted molar refractivity (Wildman–Crippen MR) is 71.2 cm³/mol. The molecule has 0 saturated carbocycles. The molecule has 1 fully saturated rings. The van der Waals surface area contributed by atoms with E-state index in [1.807, 2.05) is 4.98 Å². The molecular formula is C9H14N2NaO8P. The number of ether oxygens (including phenoxy) is 2. The van der Waals surface area contributed by atoms with E-state index in [4.69, 9.17) is 24.1 Å². The van der Waals surface area contributed by atoms with E-state index in [0.717, 1.165) is 17.0 Å². The normalized spacial score (nSPS) is 21.8. The number of hydrogen-bond acceptors (Lipinski definition) is 6. The van der Waals surface area contributed by atoms with Crippen LogP contribution in [0, 0.1) is 0 Å². The van der Waals surface area contributed by atoms with Crippen molar-refractivity contribution in [1.29, 1.82) is 0 Å². The van der Waals surface area contributed by atoms with Crippen molar-refractivity contribution >= 4 is 37.2 Å². The van der Waals surface area contributed by atoms with Crippen molar-refractivity contribution in [3.05, 3.63) is 33.1 Å². The van der Waals surface area contributed by atoms with E-state index in [1.54, 1.807) is 0 Å². The van der Waals surface area contributed by atoms with Crippen LogP contribution in [-0.2, 0) is 14.0 Å². The summed E-state index contributed by atoms with van der Waals surface area (Å²) < 4.78 is 21.6. The van der Waals surface area contributed by atoms with Crippen LogP contribution < -0.4 is 16.1 Å². The summed E-state index contributed by atoms with van der Waals surface area (Å²) in [5.41, 5.74) is -1.30. The van der Waals surface area contributed by atoms with Gasteiger partial charge < -0.3 is 24.1 Å². The van der Waals surface area contributed by atoms with Gasteiger partial charge in [0, 0.05) is 12.5 Å². The molecule has 1 aromatic heterocycles. The van der Waals surface area contributed by atoms with E-state index in [0.29, 0.717) is 0 Å². The van der Waals surface area contributed by atoms with Crippen LogP contribution in [0.3, 0.4) is 0 Å². The molecule has 12 heteroatoms. The molecule has 21 heavy (non-hydrogen) atoms. The van der Waals surface area contributed by atoms with Crippen LogP contribution in [0.25, 0.3) is 0 Å². The van der Waals surface area contributed by atoms with Crippen molar-refractivity contribution in [3.8, 4) is 0 Å². The van der Waals surface area contributed by atoms with E-state index in [2.05, 4.69) is 0 Å². The first kappa shape index (κ1) is 18.6. The molecule has 2 heterocycles. The number of aromatic nitrogens is 2. The van der Waals surface area contributed by atoms with E-state index in [-0.39, 0.29) is 42.6 Å². The third-order valence-electron chi connectivity index (χ3n) is 2.42. The Balaban J connectivity index is 0.00000220. The van der Waals surface area contributed by atoms with Gasteiger partial charge in [-0.05, 0) is 0 Å². The second kappa shape index (κ2) is 7.70. The molecule has 1 aromatic rings. The Morgan fingerprint density at radius 3 is 2.81 bits per heavy atom. The van der Waals surface area contributed by atoms with Gasteiger partial charge in [-0.3, -0.25) is 14.3 Å². The Labute approximate surface area is 140 Å². The summed E-state index contributed by atoms with van der Waals surface area (Å²) in [6.07, 6.45) is -0.696. The standard InChI is InChI=1S/C9H13N2O8P.Na.H/c12-7-1-2-11(9(13)10-7)19-8-3-6(4-17-8)18-5-20(14,15)16;;/h1-2,6,8H,3-5H2,(H,10,12,13)(H2,14,15,16);;/t6-,8?;;/m0../s1. The molecule has 1 saturated heterocycles. The summed E-state index contributed by atoms with van der Waals surface area (Å²) in [7, 11) is -4.23. The first-order chi connectivity index (χ1) is 9.33. The van der Waals surface area contributed by atoms with Crippen LogP contribution in [0.5, 0.6) is 0 Å². The van der Waals surface area contributed by atoms with Crippen molar-refractivity contribution in [2.24, 2.45) is 0 Å². The van der Waals surface area contributed by atoms with Crippen molar-refractivity contribution < 1.29 is 28.7 Å². The molecule has 2 rings (SSSR count). The number of H-pyrrole nitrogens is 1. The first-order valence-electron chi connectivity index (χ1n) is 5.60. The fourth-order valence-electron chi connectivity index (χ4n) is 1.57. The average molecular weight is 332 g/mol. The zero-order valence-corrected chi connectivity index (χ0v) is 11.1. The molecule has 0 aliphatic carbocycles. The Hall–Kier alpha value is -0.450. The molecule has 0 spiro atoms. The van der Waals surface area contributed by atoms with Gasteiger partial charge >= 0.3 is 42.8 Å². The Bertz CT molecular complexity index is 625. The zero-order valence-electron chi connectivity index (χ0n) is 10.2. The van der Waals surface area contributed by atoms with Gasteiger partial charge in [0.2, 0.25) is 6.29 Å². The molecule has 0 amide bonds. The molecule has 0 aromatic carbocycles. The van der Waals surface area contributed by atoms with Gasteiger partial charge in [-0.25, -0.2) is 4.79 Å². The summed E-state index contributed by atoms with van der Waals surface area (Å²) in [4.78, 5) is 46.7. The maximum atomic E-state index is 11.4. The van der Waals surface area contributed by atoms with Gasteiger partial charge in [-0.1, -0.05) is 0 Å². The molecule has 1 unspecified atom stereocenters. The fourth-order valence-corrected chi connectivity index (χ4v) is 1.98. The van der Waals surface area contributed by atoms with Crippen LogP contribution in [-0.4, -0.2) is 74.4 Å². The quantitative estimate of drug-likeness (QED) is 0.400. The molecule has 10 nitrogen and oxygen atoms in total. The van der Waals surface area contributed by atoms with E-state index >= 15 is 0 Å². The maximum absolute atomic E-state index is 11.4. The molecule has 1 aliphatic rings. The van der Waals surface area contributed by atoms with Crippen LogP contribution in [0.15, 0.2) is 21.9 Å². The summed E-state index contributed by atoms with van der Waals surface area (Å²) >= 11 is 0. The predicted octanol–water partition coefficient (Wildman–Crippen LogP) is -2.42. The Kier molecular flexibility index (Phi) is 6.82. The monoisotopic (exact) mass is 332 g/mol. The SMILES string of the molecule is O=c1ccn(OC2C[C@H](OCP(=O)(O)O)CO2)c(=O)[nH]1.[NaH]. The Morgan fingerprint density at radius 2 is 2.19 bits per heavy atom. The fraction of sp³-hybridized carbons (Fsp3) is 0.556. The molecule has 2 atom stereocenters. The summed E-state index contributed by atoms with van der Waals surface area (Å²) in [6.45, 7) is 0.0861. The number of hydrogen-bond donors (Lipinski definition) is 3. The number of rotatable bonds is 5. The first-order valence-corrected chi connectivity index (χ1v) is 7.40. The second-order valence-electron chi connectivity index (χ2n) is 4.12. The number of aromatic amines is 1. The van der Waals surface area contributed by atoms with Gasteiger partial charge in [0.05, 0.1) is 18.9 Å². The van der Waals surface area contributed by atoms with E-state index in [1.165, 1.54) is 0 Å². The molecular weight excluding hydrogens is 318 g/mol. The topological polar surface area (TPSA) is 140 Å². The summed E-state index contributed by atoms with van der Waals surface area (Å²) in [6, 6.07) is 1.11. The van der Waals surface area contributed by atoms with Crippen LogP contribution in [0.2, 0.25) is 0 Å². The van der Waals surface area contributed by atoms with Gasteiger partial charge in [0.15, 0.2) is 0 Å². The van der Waals surface area contributed by atoms with Crippen molar-refractivity contribution in [3.63, 3.8) is 0 Å². The minimum atomic E-state index is -4.23. The Morgan fingerprint density at radius 1 is 1.48 bits per heavy atom. The third-order valence-corrected chi connectivity index (χ3v) is 2.91. The average Bonchev–Trinajstić information content (AvgIpc) is 2.77. The molecule has 0 radical (unpaired) electrons. The zero-order chi connectivity index (χ0) is 14.8. The van der Waals surface area contributed by atoms with Gasteiger partial charge in [0.25, 0.3) is 5.56 Å². The van der Waals surface area contributed by atoms with Gasteiger partial charge in [-0.2, -0.15) is 0 Å². The minimum absolute atomic E-state index is 0. The molecule has 0 bridgehead atoms. The molecule has 3 N–H and O–H groups in total. The number of nitrogens with one attached hydrogen (secondary N) is 1. The molecule has 114 valence electrons. The summed E-state index contributed by atoms with van der Waals surface area (Å²) in [5, 5.41) is 0. The summed E-state index contributed by atoms with van der Waals surface area (Å²) in [5.74, 6) is 0. The third kappa shape index (κ3) is 6.05. The van der Waals surface area contributed by atoms with Crippen LogP contribution in [0.1, 0.15) is 6.42 Å². The van der Waals surface area contributed by atoms with Gasteiger partial charge in [0.1, 0.15) is 6.35 Å². The van der Waals surface area contributed by atoms with Crippen molar-refractivity contribution in [1.82, 2.24) is 9.71 Å². The van der Waals surface area contributed by atoms with Crippen LogP contribution >= 0.6 is 7.60 Å².